The monoisotopic (exact) mass is 364 g/mol. The molecule has 25 heavy (non-hydrogen) atoms. The van der Waals surface area contributed by atoms with Gasteiger partial charge in [-0.25, -0.2) is 0 Å². The molecule has 0 aromatic rings. The van der Waals surface area contributed by atoms with Crippen molar-refractivity contribution >= 4 is 7.26 Å². The average Bonchev–Trinajstić information content (AvgIpc) is 2.63. The zero-order chi connectivity index (χ0) is 18.6. The van der Waals surface area contributed by atoms with Gasteiger partial charge in [0.2, 0.25) is 0 Å². The number of allylic oxidation sites excluding steroid dienone is 8. The SMILES string of the molecule is CCC/C=C/C[PH](C/C=C/CCC)(C/C=C/CCC)C/C=C/CCC. The van der Waals surface area contributed by atoms with Crippen molar-refractivity contribution < 1.29 is 0 Å². The van der Waals surface area contributed by atoms with Gasteiger partial charge in [-0.2, -0.15) is 0 Å². The Morgan fingerprint density at radius 1 is 0.400 bits per heavy atom. The molecule has 0 saturated heterocycles. The second-order valence-electron chi connectivity index (χ2n) is 7.36. The summed E-state index contributed by atoms with van der Waals surface area (Å²) in [6, 6.07) is 0. The summed E-state index contributed by atoms with van der Waals surface area (Å²) in [5.74, 6) is 0. The van der Waals surface area contributed by atoms with E-state index >= 15 is 0 Å². The fourth-order valence-corrected chi connectivity index (χ4v) is 6.64. The summed E-state index contributed by atoms with van der Waals surface area (Å²) in [4.78, 5) is 0. The summed E-state index contributed by atoms with van der Waals surface area (Å²) in [7, 11) is -1.34. The Labute approximate surface area is 159 Å². The summed E-state index contributed by atoms with van der Waals surface area (Å²) in [6.45, 7) is 9.07. The molecule has 0 bridgehead atoms. The molecule has 0 aromatic carbocycles. The van der Waals surface area contributed by atoms with E-state index in [-0.39, 0.29) is 0 Å². The molecule has 0 aliphatic rings. The number of rotatable bonds is 16. The van der Waals surface area contributed by atoms with E-state index in [1.54, 1.807) is 0 Å². The molecular weight excluding hydrogens is 319 g/mol. The van der Waals surface area contributed by atoms with Crippen molar-refractivity contribution in [2.24, 2.45) is 0 Å². The van der Waals surface area contributed by atoms with Crippen LogP contribution in [-0.4, -0.2) is 24.6 Å². The predicted molar refractivity (Wildman–Crippen MR) is 124 cm³/mol. The molecule has 1 heteroatoms. The average molecular weight is 365 g/mol. The van der Waals surface area contributed by atoms with E-state index in [1.165, 1.54) is 76.0 Å². The van der Waals surface area contributed by atoms with Gasteiger partial charge in [-0.3, -0.25) is 0 Å². The number of hydrogen-bond acceptors (Lipinski definition) is 0. The minimum absolute atomic E-state index is 1.23. The second kappa shape index (κ2) is 18.2. The molecule has 0 spiro atoms. The van der Waals surface area contributed by atoms with Crippen LogP contribution < -0.4 is 0 Å². The Kier molecular flexibility index (Phi) is 17.7. The van der Waals surface area contributed by atoms with Crippen LogP contribution in [0, 0.1) is 0 Å². The van der Waals surface area contributed by atoms with Gasteiger partial charge in [-0.1, -0.05) is 0 Å². The normalized spacial score (nSPS) is 13.9. The van der Waals surface area contributed by atoms with E-state index in [9.17, 15) is 0 Å². The quantitative estimate of drug-likeness (QED) is 0.191. The van der Waals surface area contributed by atoms with E-state index in [2.05, 4.69) is 76.3 Å². The van der Waals surface area contributed by atoms with Crippen LogP contribution in [0.2, 0.25) is 0 Å². The van der Waals surface area contributed by atoms with E-state index in [0.29, 0.717) is 0 Å². The molecule has 0 amide bonds. The van der Waals surface area contributed by atoms with Gasteiger partial charge >= 0.3 is 160 Å². The fourth-order valence-electron chi connectivity index (χ4n) is 2.97. The summed E-state index contributed by atoms with van der Waals surface area (Å²) in [5, 5.41) is 0. The Bertz CT molecular complexity index is 309. The Balaban J connectivity index is 5.11. The van der Waals surface area contributed by atoms with Gasteiger partial charge in [0, 0.05) is 0 Å². The molecule has 0 N–H and O–H groups in total. The fraction of sp³-hybridized carbons (Fsp3) is 0.667. The van der Waals surface area contributed by atoms with Crippen LogP contribution in [-0.2, 0) is 0 Å². The van der Waals surface area contributed by atoms with Crippen molar-refractivity contribution in [1.29, 1.82) is 0 Å². The molecule has 0 aromatic heterocycles. The first-order valence-corrected chi connectivity index (χ1v) is 13.7. The van der Waals surface area contributed by atoms with Crippen LogP contribution >= 0.6 is 7.26 Å². The molecule has 0 aliphatic heterocycles. The van der Waals surface area contributed by atoms with Gasteiger partial charge in [0.1, 0.15) is 0 Å². The topological polar surface area (TPSA) is 0 Å². The van der Waals surface area contributed by atoms with Crippen molar-refractivity contribution in [3.8, 4) is 0 Å². The van der Waals surface area contributed by atoms with Crippen molar-refractivity contribution in [1.82, 2.24) is 0 Å². The third-order valence-corrected chi connectivity index (χ3v) is 9.10. The summed E-state index contributed by atoms with van der Waals surface area (Å²) in [6.07, 6.45) is 35.0. The van der Waals surface area contributed by atoms with Gasteiger partial charge in [0.15, 0.2) is 0 Å². The van der Waals surface area contributed by atoms with Crippen LogP contribution in [0.5, 0.6) is 0 Å². The standard InChI is InChI=1S/C24H45P/c1-5-9-13-17-21-25(22-18-14-10-6-2,23-19-15-11-7-3)24-20-16-12-8-4/h13-20,25H,5-12,21-24H2,1-4H3/b17-13+,18-14+,19-15+,20-16+. The van der Waals surface area contributed by atoms with Gasteiger partial charge in [-0.15, -0.1) is 0 Å². The molecular formula is C24H45P. The van der Waals surface area contributed by atoms with Crippen molar-refractivity contribution in [3.63, 3.8) is 0 Å². The number of unbranched alkanes of at least 4 members (excludes halogenated alkanes) is 4. The van der Waals surface area contributed by atoms with Gasteiger partial charge in [0.25, 0.3) is 0 Å². The molecule has 0 fully saturated rings. The summed E-state index contributed by atoms with van der Waals surface area (Å²) >= 11 is 0. The van der Waals surface area contributed by atoms with Crippen LogP contribution in [0.1, 0.15) is 79.1 Å². The van der Waals surface area contributed by atoms with Gasteiger partial charge in [-0.05, 0) is 0 Å². The summed E-state index contributed by atoms with van der Waals surface area (Å²) < 4.78 is 0. The Hall–Kier alpha value is -0.610. The van der Waals surface area contributed by atoms with Crippen LogP contribution in [0.15, 0.2) is 48.6 Å². The Morgan fingerprint density at radius 2 is 0.640 bits per heavy atom. The molecule has 0 rings (SSSR count). The van der Waals surface area contributed by atoms with Gasteiger partial charge in [0.05, 0.1) is 0 Å². The first-order valence-electron chi connectivity index (χ1n) is 10.8. The van der Waals surface area contributed by atoms with E-state index < -0.39 is 7.26 Å². The maximum absolute atomic E-state index is 2.50. The first kappa shape index (κ1) is 24.4. The van der Waals surface area contributed by atoms with E-state index in [4.69, 9.17) is 0 Å². The second-order valence-corrected chi connectivity index (χ2v) is 12.0. The van der Waals surface area contributed by atoms with Gasteiger partial charge < -0.3 is 0 Å². The van der Waals surface area contributed by atoms with E-state index in [1.807, 2.05) is 0 Å². The van der Waals surface area contributed by atoms with Crippen molar-refractivity contribution in [2.75, 3.05) is 24.6 Å². The molecule has 0 heterocycles. The summed E-state index contributed by atoms with van der Waals surface area (Å²) in [5.41, 5.74) is 0. The number of hydrogen-bond donors (Lipinski definition) is 0. The molecule has 0 atom stereocenters. The van der Waals surface area contributed by atoms with E-state index in [0.717, 1.165) is 0 Å². The molecule has 0 unspecified atom stereocenters. The van der Waals surface area contributed by atoms with Crippen molar-refractivity contribution in [3.05, 3.63) is 48.6 Å². The first-order chi connectivity index (χ1) is 12.2. The van der Waals surface area contributed by atoms with Crippen molar-refractivity contribution in [2.45, 2.75) is 79.1 Å². The third kappa shape index (κ3) is 14.3. The minimum atomic E-state index is -1.34. The Morgan fingerprint density at radius 3 is 0.840 bits per heavy atom. The van der Waals surface area contributed by atoms with Crippen LogP contribution in [0.25, 0.3) is 0 Å². The van der Waals surface area contributed by atoms with Crippen LogP contribution in [0.3, 0.4) is 0 Å². The van der Waals surface area contributed by atoms with Crippen LogP contribution in [0.4, 0.5) is 0 Å². The molecule has 0 aliphatic carbocycles. The predicted octanol–water partition coefficient (Wildman–Crippen LogP) is 8.16. The molecule has 146 valence electrons. The third-order valence-electron chi connectivity index (χ3n) is 4.69. The molecule has 0 nitrogen and oxygen atoms in total. The zero-order valence-corrected chi connectivity index (χ0v) is 18.6. The maximum atomic E-state index is 2.50. The molecule has 0 saturated carbocycles. The molecule has 0 radical (unpaired) electrons. The zero-order valence-electron chi connectivity index (χ0n) is 17.6.